The van der Waals surface area contributed by atoms with E-state index in [2.05, 4.69) is 0 Å². The third kappa shape index (κ3) is 3.65. The molecule has 0 atom stereocenters. The van der Waals surface area contributed by atoms with Crippen LogP contribution in [0.3, 0.4) is 0 Å². The smallest absolute Gasteiger partial charge is 0.243 e. The van der Waals surface area contributed by atoms with E-state index in [1.54, 1.807) is 6.07 Å². The van der Waals surface area contributed by atoms with Crippen LogP contribution in [0, 0.1) is 5.82 Å². The van der Waals surface area contributed by atoms with Crippen molar-refractivity contribution in [2.24, 2.45) is 0 Å². The molecule has 0 heterocycles. The van der Waals surface area contributed by atoms with Gasteiger partial charge in [-0.15, -0.1) is 0 Å². The van der Waals surface area contributed by atoms with Crippen molar-refractivity contribution in [3.8, 4) is 11.5 Å². The topological polar surface area (TPSA) is 55.8 Å². The van der Waals surface area contributed by atoms with E-state index in [0.717, 1.165) is 12.8 Å². The Morgan fingerprint density at radius 2 is 1.85 bits per heavy atom. The van der Waals surface area contributed by atoms with E-state index in [0.29, 0.717) is 11.5 Å². The second-order valence-corrected chi connectivity index (χ2v) is 8.30. The van der Waals surface area contributed by atoms with E-state index in [4.69, 9.17) is 21.1 Å². The Hall–Kier alpha value is -1.83. The zero-order chi connectivity index (χ0) is 18.9. The van der Waals surface area contributed by atoms with Crippen LogP contribution in [0.2, 0.25) is 5.02 Å². The third-order valence-electron chi connectivity index (χ3n) is 4.29. The number of nitrogens with zero attached hydrogens (tertiary/aromatic N) is 1. The van der Waals surface area contributed by atoms with Crippen molar-refractivity contribution in [2.45, 2.75) is 30.3 Å². The van der Waals surface area contributed by atoms with Crippen LogP contribution < -0.4 is 9.47 Å². The summed E-state index contributed by atoms with van der Waals surface area (Å²) in [7, 11) is -0.943. The maximum absolute atomic E-state index is 14.2. The van der Waals surface area contributed by atoms with Crippen molar-refractivity contribution in [3.63, 3.8) is 0 Å². The Kier molecular flexibility index (Phi) is 5.41. The Balaban J connectivity index is 2.00. The van der Waals surface area contributed by atoms with Crippen molar-refractivity contribution < 1.29 is 22.3 Å². The molecule has 0 unspecified atom stereocenters. The predicted octanol–water partition coefficient (Wildman–Crippen LogP) is 3.85. The highest BCUT2D eigenvalue weighted by Crippen LogP contribution is 2.37. The molecule has 0 saturated heterocycles. The van der Waals surface area contributed by atoms with Crippen molar-refractivity contribution in [2.75, 3.05) is 14.2 Å². The molecule has 140 valence electrons. The van der Waals surface area contributed by atoms with Gasteiger partial charge in [0.25, 0.3) is 0 Å². The van der Waals surface area contributed by atoms with E-state index >= 15 is 0 Å². The number of hydrogen-bond donors (Lipinski definition) is 0. The first-order chi connectivity index (χ1) is 12.4. The monoisotopic (exact) mass is 399 g/mol. The quantitative estimate of drug-likeness (QED) is 0.709. The summed E-state index contributed by atoms with van der Waals surface area (Å²) in [5.41, 5.74) is 0.171. The maximum Gasteiger partial charge on any atom is 0.243 e. The van der Waals surface area contributed by atoms with Crippen LogP contribution in [0.25, 0.3) is 0 Å². The number of sulfonamides is 1. The molecule has 5 nitrogen and oxygen atoms in total. The van der Waals surface area contributed by atoms with Gasteiger partial charge < -0.3 is 9.47 Å². The van der Waals surface area contributed by atoms with E-state index < -0.39 is 15.8 Å². The summed E-state index contributed by atoms with van der Waals surface area (Å²) in [6, 6.07) is 8.55. The summed E-state index contributed by atoms with van der Waals surface area (Å²) in [4.78, 5) is 0.0644. The predicted molar refractivity (Wildman–Crippen MR) is 96.7 cm³/mol. The van der Waals surface area contributed by atoms with Crippen LogP contribution in [-0.2, 0) is 16.6 Å². The third-order valence-corrected chi connectivity index (χ3v) is 6.54. The molecule has 0 radical (unpaired) electrons. The van der Waals surface area contributed by atoms with Crippen molar-refractivity contribution in [3.05, 3.63) is 52.8 Å². The summed E-state index contributed by atoms with van der Waals surface area (Å²) in [6.07, 6.45) is 1.47. The average Bonchev–Trinajstić information content (AvgIpc) is 3.45. The zero-order valence-electron chi connectivity index (χ0n) is 14.4. The molecule has 2 aromatic rings. The van der Waals surface area contributed by atoms with Crippen LogP contribution in [0.15, 0.2) is 41.3 Å². The lowest BCUT2D eigenvalue weighted by atomic mass is 10.2. The second kappa shape index (κ2) is 7.42. The highest BCUT2D eigenvalue weighted by molar-refractivity contribution is 7.89. The van der Waals surface area contributed by atoms with Crippen LogP contribution in [0.5, 0.6) is 11.5 Å². The molecule has 0 amide bonds. The molecule has 0 aliphatic heterocycles. The molecule has 26 heavy (non-hydrogen) atoms. The number of methoxy groups -OCH3 is 2. The lowest BCUT2D eigenvalue weighted by Crippen LogP contribution is -2.33. The second-order valence-electron chi connectivity index (χ2n) is 6.00. The molecule has 0 aromatic heterocycles. The summed E-state index contributed by atoms with van der Waals surface area (Å²) in [5.74, 6) is 0.223. The van der Waals surface area contributed by atoms with Crippen molar-refractivity contribution >= 4 is 21.6 Å². The molecule has 8 heteroatoms. The van der Waals surface area contributed by atoms with Gasteiger partial charge in [-0.25, -0.2) is 12.8 Å². The summed E-state index contributed by atoms with van der Waals surface area (Å²) >= 11 is 6.08. The van der Waals surface area contributed by atoms with Gasteiger partial charge in [-0.1, -0.05) is 17.7 Å². The largest absolute Gasteiger partial charge is 0.493 e. The Labute approximate surface area is 157 Å². The van der Waals surface area contributed by atoms with E-state index in [-0.39, 0.29) is 28.1 Å². The summed E-state index contributed by atoms with van der Waals surface area (Å²) in [5, 5.41) is 0.207. The minimum atomic E-state index is -3.85. The molecule has 2 aromatic carbocycles. The number of hydrogen-bond acceptors (Lipinski definition) is 4. The molecule has 1 aliphatic rings. The Bertz CT molecular complexity index is 895. The minimum Gasteiger partial charge on any atom is -0.493 e. The van der Waals surface area contributed by atoms with Crippen LogP contribution >= 0.6 is 11.6 Å². The van der Waals surface area contributed by atoms with Crippen molar-refractivity contribution in [1.29, 1.82) is 0 Å². The number of rotatable bonds is 7. The standard InChI is InChI=1S/C18H19ClFNO4S/c1-24-17-9-8-13(10-18(17)25-2)26(22,23)21(12-6-7-12)11-14-15(19)4-3-5-16(14)20/h3-5,8-10,12H,6-7,11H2,1-2H3. The summed E-state index contributed by atoms with van der Waals surface area (Å²) < 4.78 is 52.2. The Morgan fingerprint density at radius 1 is 1.15 bits per heavy atom. The molecular formula is C18H19ClFNO4S. The molecule has 0 bridgehead atoms. The van der Waals surface area contributed by atoms with Gasteiger partial charge in [0.2, 0.25) is 10.0 Å². The number of benzene rings is 2. The zero-order valence-corrected chi connectivity index (χ0v) is 16.0. The fraction of sp³-hybridized carbons (Fsp3) is 0.333. The van der Waals surface area contributed by atoms with Gasteiger partial charge >= 0.3 is 0 Å². The van der Waals surface area contributed by atoms with Crippen molar-refractivity contribution in [1.82, 2.24) is 4.31 Å². The van der Waals surface area contributed by atoms with Gasteiger partial charge in [0.05, 0.1) is 19.1 Å². The molecule has 1 fully saturated rings. The van der Waals surface area contributed by atoms with Gasteiger partial charge in [-0.3, -0.25) is 0 Å². The SMILES string of the molecule is COc1ccc(S(=O)(=O)N(Cc2c(F)cccc2Cl)C2CC2)cc1OC. The first-order valence-corrected chi connectivity index (χ1v) is 9.87. The maximum atomic E-state index is 14.2. The molecule has 1 aliphatic carbocycles. The van der Waals surface area contributed by atoms with Gasteiger partial charge in [0, 0.05) is 29.2 Å². The first-order valence-electron chi connectivity index (χ1n) is 8.05. The van der Waals surface area contributed by atoms with E-state index in [1.165, 1.54) is 48.9 Å². The van der Waals surface area contributed by atoms with Crippen LogP contribution in [-0.4, -0.2) is 33.0 Å². The lowest BCUT2D eigenvalue weighted by Gasteiger charge is -2.23. The molecule has 3 rings (SSSR count). The lowest BCUT2D eigenvalue weighted by molar-refractivity contribution is 0.353. The highest BCUT2D eigenvalue weighted by Gasteiger charge is 2.39. The molecule has 0 N–H and O–H groups in total. The minimum absolute atomic E-state index is 0.0644. The fourth-order valence-corrected chi connectivity index (χ4v) is 4.62. The van der Waals surface area contributed by atoms with Gasteiger partial charge in [0.15, 0.2) is 11.5 Å². The van der Waals surface area contributed by atoms with Gasteiger partial charge in [-0.05, 0) is 37.1 Å². The fourth-order valence-electron chi connectivity index (χ4n) is 2.72. The first kappa shape index (κ1) is 18.9. The van der Waals surface area contributed by atoms with Crippen LogP contribution in [0.1, 0.15) is 18.4 Å². The van der Waals surface area contributed by atoms with Crippen LogP contribution in [0.4, 0.5) is 4.39 Å². The van der Waals surface area contributed by atoms with E-state index in [9.17, 15) is 12.8 Å². The highest BCUT2D eigenvalue weighted by atomic mass is 35.5. The average molecular weight is 400 g/mol. The molecule has 0 spiro atoms. The Morgan fingerprint density at radius 3 is 2.42 bits per heavy atom. The molecule has 1 saturated carbocycles. The van der Waals surface area contributed by atoms with Gasteiger partial charge in [0.1, 0.15) is 5.82 Å². The summed E-state index contributed by atoms with van der Waals surface area (Å²) in [6.45, 7) is -0.118. The molecular weight excluding hydrogens is 381 g/mol. The van der Waals surface area contributed by atoms with E-state index in [1.807, 2.05) is 0 Å². The number of halogens is 2. The normalized spacial score (nSPS) is 14.5. The van der Waals surface area contributed by atoms with Gasteiger partial charge in [-0.2, -0.15) is 4.31 Å². The number of ether oxygens (including phenoxy) is 2.